The van der Waals surface area contributed by atoms with Crippen molar-refractivity contribution in [2.24, 2.45) is 0 Å². The number of aromatic nitrogens is 1. The van der Waals surface area contributed by atoms with Crippen LogP contribution in [0, 0.1) is 0 Å². The molecule has 0 spiro atoms. The van der Waals surface area contributed by atoms with Crippen LogP contribution in [0.3, 0.4) is 0 Å². The fraction of sp³-hybridized carbons (Fsp3) is 0. The predicted molar refractivity (Wildman–Crippen MR) is 184 cm³/mol. The van der Waals surface area contributed by atoms with E-state index in [0.717, 1.165) is 55.3 Å². The molecule has 0 atom stereocenters. The van der Waals surface area contributed by atoms with Gasteiger partial charge in [-0.3, -0.25) is 0 Å². The van der Waals surface area contributed by atoms with E-state index in [1.54, 1.807) is 6.07 Å². The lowest BCUT2D eigenvalue weighted by Crippen LogP contribution is -1.94. The van der Waals surface area contributed by atoms with Crippen LogP contribution < -0.4 is 0 Å². The minimum absolute atomic E-state index is 0.0511. The Kier molecular flexibility index (Phi) is 4.02. The highest BCUT2D eigenvalue weighted by atomic mass is 16.3. The molecule has 0 N–H and O–H groups in total. The van der Waals surface area contributed by atoms with E-state index in [-0.39, 0.29) is 46.0 Å². The number of rotatable bonds is 4. The van der Waals surface area contributed by atoms with Gasteiger partial charge in [0.15, 0.2) is 0 Å². The smallest absolute Gasteiger partial charge is 0.135 e. The first-order chi connectivity index (χ1) is 25.1. The lowest BCUT2D eigenvalue weighted by molar-refractivity contribution is 0.669. The molecule has 44 heavy (non-hydrogen) atoms. The van der Waals surface area contributed by atoms with Gasteiger partial charge in [0.05, 0.1) is 22.0 Å². The van der Waals surface area contributed by atoms with E-state index in [1.807, 2.05) is 54.6 Å². The first-order valence-corrected chi connectivity index (χ1v) is 14.4. The van der Waals surface area contributed by atoms with Gasteiger partial charge in [-0.15, -0.1) is 0 Å². The van der Waals surface area contributed by atoms with Crippen LogP contribution in [-0.2, 0) is 0 Å². The summed E-state index contributed by atoms with van der Waals surface area (Å²) in [6, 6.07) is 35.1. The largest absolute Gasteiger partial charge is 0.456 e. The van der Waals surface area contributed by atoms with Gasteiger partial charge >= 0.3 is 0 Å². The summed E-state index contributed by atoms with van der Waals surface area (Å²) < 4.78 is 76.4. The standard InChI is InChI=1S/C42H27NO/c1-2-9-28(10-3-1)29-17-19-30(20-18-29)32-21-23-41-37(26-32)38-27-33(22-24-42(38)44-41)31-11-8-12-34(25-31)43-39-15-6-4-13-35(39)36-14-5-7-16-40(36)43/h1-27H/i4D,5D,6D,7D,13D,14D,15D,16D. The summed E-state index contributed by atoms with van der Waals surface area (Å²) in [5.41, 5.74) is 8.30. The van der Waals surface area contributed by atoms with Crippen molar-refractivity contribution >= 4 is 43.7 Å². The SMILES string of the molecule is [2H]c1c([2H])c([2H])c2c(c1[2H])c1c([2H])c([2H])c([2H])c([2H])c1n2-c1cccc(-c2ccc3oc4ccc(-c5ccc(-c6ccccc6)cc5)cc4c3c2)c1. The molecule has 2 aromatic heterocycles. The molecule has 2 nitrogen and oxygen atoms in total. The molecule has 2 heterocycles. The maximum Gasteiger partial charge on any atom is 0.135 e. The molecular weight excluding hydrogens is 534 g/mol. The van der Waals surface area contributed by atoms with Crippen LogP contribution in [0.5, 0.6) is 0 Å². The first-order valence-electron chi connectivity index (χ1n) is 18.4. The fourth-order valence-corrected chi connectivity index (χ4v) is 6.13. The van der Waals surface area contributed by atoms with Crippen molar-refractivity contribution in [3.05, 3.63) is 164 Å². The van der Waals surface area contributed by atoms with Crippen molar-refractivity contribution < 1.29 is 15.4 Å². The summed E-state index contributed by atoms with van der Waals surface area (Å²) in [5.74, 6) is 0. The summed E-state index contributed by atoms with van der Waals surface area (Å²) in [4.78, 5) is 0. The first kappa shape index (κ1) is 17.9. The van der Waals surface area contributed by atoms with Gasteiger partial charge < -0.3 is 8.98 Å². The number of hydrogen-bond donors (Lipinski definition) is 0. The van der Waals surface area contributed by atoms with E-state index in [0.29, 0.717) is 5.69 Å². The van der Waals surface area contributed by atoms with Crippen LogP contribution in [0.1, 0.15) is 11.0 Å². The van der Waals surface area contributed by atoms with Crippen molar-refractivity contribution in [1.82, 2.24) is 4.57 Å². The van der Waals surface area contributed by atoms with Crippen LogP contribution in [0.25, 0.3) is 82.8 Å². The summed E-state index contributed by atoms with van der Waals surface area (Å²) >= 11 is 0. The summed E-state index contributed by atoms with van der Waals surface area (Å²) in [7, 11) is 0. The number of para-hydroxylation sites is 2. The van der Waals surface area contributed by atoms with Crippen molar-refractivity contribution in [3.63, 3.8) is 0 Å². The maximum absolute atomic E-state index is 8.85. The van der Waals surface area contributed by atoms with Gasteiger partial charge in [0.25, 0.3) is 0 Å². The third kappa shape index (κ3) is 3.96. The van der Waals surface area contributed by atoms with E-state index < -0.39 is 24.2 Å². The second-order valence-electron chi connectivity index (χ2n) is 10.8. The predicted octanol–water partition coefficient (Wildman–Crippen LogP) is 11.7. The van der Waals surface area contributed by atoms with Gasteiger partial charge in [-0.05, 0) is 81.9 Å². The van der Waals surface area contributed by atoms with Gasteiger partial charge in [0.1, 0.15) is 11.2 Å². The minimum Gasteiger partial charge on any atom is -0.456 e. The average Bonchev–Trinajstić information content (AvgIpc) is 3.74. The summed E-state index contributed by atoms with van der Waals surface area (Å²) in [6.45, 7) is 0. The van der Waals surface area contributed by atoms with Crippen LogP contribution in [-0.4, -0.2) is 4.57 Å². The molecule has 9 aromatic rings. The molecule has 0 unspecified atom stereocenters. The highest BCUT2D eigenvalue weighted by molar-refractivity contribution is 6.10. The van der Waals surface area contributed by atoms with Gasteiger partial charge in [-0.25, -0.2) is 0 Å². The van der Waals surface area contributed by atoms with E-state index in [2.05, 4.69) is 54.6 Å². The zero-order chi connectivity index (χ0) is 36.0. The molecule has 0 fully saturated rings. The van der Waals surface area contributed by atoms with Gasteiger partial charge in [0.2, 0.25) is 0 Å². The van der Waals surface area contributed by atoms with Crippen molar-refractivity contribution in [2.45, 2.75) is 0 Å². The monoisotopic (exact) mass is 569 g/mol. The Morgan fingerprint density at radius 1 is 0.409 bits per heavy atom. The molecule has 0 saturated heterocycles. The summed E-state index contributed by atoms with van der Waals surface area (Å²) in [6.07, 6.45) is 0. The molecule has 0 radical (unpaired) electrons. The Bertz CT molecular complexity index is 2850. The Morgan fingerprint density at radius 2 is 0.886 bits per heavy atom. The molecule has 0 aliphatic carbocycles. The van der Waals surface area contributed by atoms with Crippen LogP contribution in [0.15, 0.2) is 168 Å². The highest BCUT2D eigenvalue weighted by Gasteiger charge is 2.14. The van der Waals surface area contributed by atoms with Crippen molar-refractivity contribution in [1.29, 1.82) is 0 Å². The Balaban J connectivity index is 1.20. The molecule has 0 aliphatic heterocycles. The van der Waals surface area contributed by atoms with E-state index >= 15 is 0 Å². The van der Waals surface area contributed by atoms with Crippen LogP contribution in [0.2, 0.25) is 0 Å². The molecule has 0 saturated carbocycles. The normalized spacial score (nSPS) is 14.2. The lowest BCUT2D eigenvalue weighted by atomic mass is 9.98. The molecule has 0 amide bonds. The van der Waals surface area contributed by atoms with E-state index in [1.165, 1.54) is 4.57 Å². The van der Waals surface area contributed by atoms with Crippen LogP contribution >= 0.6 is 0 Å². The third-order valence-electron chi connectivity index (χ3n) is 8.26. The maximum atomic E-state index is 8.85. The van der Waals surface area contributed by atoms with Gasteiger partial charge in [0, 0.05) is 27.2 Å². The second kappa shape index (κ2) is 9.86. The molecule has 0 aliphatic rings. The van der Waals surface area contributed by atoms with Crippen molar-refractivity contribution in [2.75, 3.05) is 0 Å². The number of furan rings is 1. The van der Waals surface area contributed by atoms with E-state index in [9.17, 15) is 0 Å². The molecule has 0 bridgehead atoms. The fourth-order valence-electron chi connectivity index (χ4n) is 6.13. The Hall–Kier alpha value is -5.86. The molecule has 2 heteroatoms. The van der Waals surface area contributed by atoms with Gasteiger partial charge in [-0.2, -0.15) is 0 Å². The number of nitrogens with zero attached hydrogens (tertiary/aromatic N) is 1. The summed E-state index contributed by atoms with van der Waals surface area (Å²) in [5, 5.41) is 2.00. The number of fused-ring (bicyclic) bond motifs is 6. The van der Waals surface area contributed by atoms with E-state index in [4.69, 9.17) is 15.4 Å². The molecule has 9 rings (SSSR count). The topological polar surface area (TPSA) is 18.1 Å². The molecule has 7 aromatic carbocycles. The zero-order valence-electron chi connectivity index (χ0n) is 31.3. The average molecular weight is 570 g/mol. The second-order valence-corrected chi connectivity index (χ2v) is 10.8. The van der Waals surface area contributed by atoms with Crippen LogP contribution in [0.4, 0.5) is 0 Å². The number of hydrogen-bond acceptors (Lipinski definition) is 1. The number of benzene rings is 7. The van der Waals surface area contributed by atoms with Gasteiger partial charge in [-0.1, -0.05) is 115 Å². The highest BCUT2D eigenvalue weighted by Crippen LogP contribution is 2.37. The Morgan fingerprint density at radius 3 is 1.52 bits per heavy atom. The Labute approximate surface area is 266 Å². The third-order valence-corrected chi connectivity index (χ3v) is 8.26. The molecular formula is C42H27NO. The quantitative estimate of drug-likeness (QED) is 0.206. The van der Waals surface area contributed by atoms with Crippen molar-refractivity contribution in [3.8, 4) is 39.1 Å². The molecule has 206 valence electrons. The lowest BCUT2D eigenvalue weighted by Gasteiger charge is -2.10. The zero-order valence-corrected chi connectivity index (χ0v) is 23.3. The minimum atomic E-state index is -0.467.